The summed E-state index contributed by atoms with van der Waals surface area (Å²) < 4.78 is 5.43. The molecule has 0 unspecified atom stereocenters. The summed E-state index contributed by atoms with van der Waals surface area (Å²) in [6, 6.07) is 19.2. The predicted octanol–water partition coefficient (Wildman–Crippen LogP) is 4.95. The molecule has 2 heterocycles. The van der Waals surface area contributed by atoms with Crippen molar-refractivity contribution in [3.63, 3.8) is 0 Å². The molecule has 1 fully saturated rings. The minimum Gasteiger partial charge on any atom is -0.459 e. The summed E-state index contributed by atoms with van der Waals surface area (Å²) in [6.45, 7) is 0.749. The van der Waals surface area contributed by atoms with Crippen molar-refractivity contribution in [2.24, 2.45) is 0 Å². The van der Waals surface area contributed by atoms with E-state index in [1.807, 2.05) is 48.5 Å². The summed E-state index contributed by atoms with van der Waals surface area (Å²) in [5.74, 6) is 0.841. The van der Waals surface area contributed by atoms with Gasteiger partial charge in [0.1, 0.15) is 0 Å². The maximum atomic E-state index is 12.6. The highest BCUT2D eigenvalue weighted by Gasteiger charge is 2.21. The normalized spacial score (nSPS) is 13.7. The molecule has 2 amide bonds. The standard InChI is InChI=1S/C22H20N2O3S/c25-20-7-4-13-24(20)18-10-8-17(9-11-18)23-22(26)21-16(12-14-27-21)15-28-19-5-2-1-3-6-19/h1-3,5-6,8-12,14H,4,7,13,15H2,(H,23,26). The summed E-state index contributed by atoms with van der Waals surface area (Å²) in [6.07, 6.45) is 3.03. The topological polar surface area (TPSA) is 62.6 Å². The molecule has 142 valence electrons. The Kier molecular flexibility index (Phi) is 5.48. The number of benzene rings is 2. The van der Waals surface area contributed by atoms with Crippen LogP contribution in [0.4, 0.5) is 11.4 Å². The largest absolute Gasteiger partial charge is 0.459 e. The van der Waals surface area contributed by atoms with E-state index in [4.69, 9.17) is 4.42 Å². The number of nitrogens with one attached hydrogen (secondary N) is 1. The molecule has 0 bridgehead atoms. The Bertz CT molecular complexity index is 967. The summed E-state index contributed by atoms with van der Waals surface area (Å²) in [5, 5.41) is 2.87. The first-order valence-electron chi connectivity index (χ1n) is 9.17. The smallest absolute Gasteiger partial charge is 0.291 e. The molecule has 0 saturated carbocycles. The van der Waals surface area contributed by atoms with E-state index in [9.17, 15) is 9.59 Å². The fourth-order valence-electron chi connectivity index (χ4n) is 3.16. The van der Waals surface area contributed by atoms with E-state index in [0.717, 1.165) is 29.1 Å². The molecule has 1 saturated heterocycles. The lowest BCUT2D eigenvalue weighted by Crippen LogP contribution is -2.23. The molecule has 5 nitrogen and oxygen atoms in total. The van der Waals surface area contributed by atoms with Gasteiger partial charge in [0, 0.05) is 40.6 Å². The number of hydrogen-bond acceptors (Lipinski definition) is 4. The third-order valence-corrected chi connectivity index (χ3v) is 5.66. The number of anilines is 2. The van der Waals surface area contributed by atoms with E-state index in [1.165, 1.54) is 6.26 Å². The maximum Gasteiger partial charge on any atom is 0.291 e. The van der Waals surface area contributed by atoms with E-state index < -0.39 is 0 Å². The monoisotopic (exact) mass is 392 g/mol. The molecule has 0 spiro atoms. The van der Waals surface area contributed by atoms with Crippen LogP contribution < -0.4 is 10.2 Å². The van der Waals surface area contributed by atoms with E-state index in [0.29, 0.717) is 23.6 Å². The Labute approximate surface area is 167 Å². The molecule has 0 aliphatic carbocycles. The van der Waals surface area contributed by atoms with Gasteiger partial charge in [-0.05, 0) is 48.9 Å². The average Bonchev–Trinajstić information content (AvgIpc) is 3.37. The van der Waals surface area contributed by atoms with E-state index in [-0.39, 0.29) is 11.8 Å². The van der Waals surface area contributed by atoms with Gasteiger partial charge in [-0.3, -0.25) is 9.59 Å². The molecule has 6 heteroatoms. The SMILES string of the molecule is O=C(Nc1ccc(N2CCCC2=O)cc1)c1occc1CSc1ccccc1. The Morgan fingerprint density at radius 3 is 2.57 bits per heavy atom. The first-order valence-corrected chi connectivity index (χ1v) is 10.2. The molecule has 4 rings (SSSR count). The first kappa shape index (κ1) is 18.4. The van der Waals surface area contributed by atoms with Crippen LogP contribution in [0.15, 0.2) is 76.2 Å². The van der Waals surface area contributed by atoms with Gasteiger partial charge in [0.05, 0.1) is 6.26 Å². The molecular formula is C22H20N2O3S. The summed E-state index contributed by atoms with van der Waals surface area (Å²) in [5.41, 5.74) is 2.38. The minimum absolute atomic E-state index is 0.146. The van der Waals surface area contributed by atoms with Crippen molar-refractivity contribution in [2.75, 3.05) is 16.8 Å². The first-order chi connectivity index (χ1) is 13.7. The molecule has 1 aliphatic heterocycles. The number of hydrogen-bond donors (Lipinski definition) is 1. The minimum atomic E-state index is -0.279. The lowest BCUT2D eigenvalue weighted by atomic mass is 10.2. The highest BCUT2D eigenvalue weighted by molar-refractivity contribution is 7.98. The van der Waals surface area contributed by atoms with Crippen LogP contribution >= 0.6 is 11.8 Å². The van der Waals surface area contributed by atoms with Crippen molar-refractivity contribution in [1.29, 1.82) is 0 Å². The molecule has 0 radical (unpaired) electrons. The zero-order valence-corrected chi connectivity index (χ0v) is 16.1. The van der Waals surface area contributed by atoms with Crippen LogP contribution in [0.5, 0.6) is 0 Å². The molecule has 0 atom stereocenters. The van der Waals surface area contributed by atoms with Crippen molar-refractivity contribution in [3.05, 3.63) is 78.3 Å². The van der Waals surface area contributed by atoms with Crippen LogP contribution in [-0.4, -0.2) is 18.4 Å². The zero-order valence-electron chi connectivity index (χ0n) is 15.3. The predicted molar refractivity (Wildman–Crippen MR) is 111 cm³/mol. The van der Waals surface area contributed by atoms with E-state index in [1.54, 1.807) is 28.8 Å². The summed E-state index contributed by atoms with van der Waals surface area (Å²) in [4.78, 5) is 27.4. The highest BCUT2D eigenvalue weighted by atomic mass is 32.2. The lowest BCUT2D eigenvalue weighted by molar-refractivity contribution is -0.117. The molecule has 2 aromatic carbocycles. The fourth-order valence-corrected chi connectivity index (χ4v) is 4.06. The second-order valence-corrected chi connectivity index (χ2v) is 7.58. The van der Waals surface area contributed by atoms with Gasteiger partial charge in [0.15, 0.2) is 5.76 Å². The molecule has 1 N–H and O–H groups in total. The zero-order chi connectivity index (χ0) is 19.3. The Balaban J connectivity index is 1.40. The van der Waals surface area contributed by atoms with Crippen molar-refractivity contribution < 1.29 is 14.0 Å². The number of amides is 2. The number of carbonyl (C=O) groups is 2. The van der Waals surface area contributed by atoms with Crippen LogP contribution in [0.3, 0.4) is 0 Å². The number of nitrogens with zero attached hydrogens (tertiary/aromatic N) is 1. The number of thioether (sulfide) groups is 1. The van der Waals surface area contributed by atoms with Crippen LogP contribution in [-0.2, 0) is 10.5 Å². The fraction of sp³-hybridized carbons (Fsp3) is 0.182. The van der Waals surface area contributed by atoms with Crippen molar-refractivity contribution in [1.82, 2.24) is 0 Å². The van der Waals surface area contributed by atoms with Gasteiger partial charge in [0.25, 0.3) is 5.91 Å². The van der Waals surface area contributed by atoms with Gasteiger partial charge in [-0.25, -0.2) is 0 Å². The van der Waals surface area contributed by atoms with Crippen molar-refractivity contribution >= 4 is 35.0 Å². The Morgan fingerprint density at radius 1 is 1.07 bits per heavy atom. The Hall–Kier alpha value is -2.99. The van der Waals surface area contributed by atoms with Gasteiger partial charge in [0.2, 0.25) is 5.91 Å². The van der Waals surface area contributed by atoms with Crippen LogP contribution in [0.2, 0.25) is 0 Å². The molecule has 28 heavy (non-hydrogen) atoms. The number of furan rings is 1. The van der Waals surface area contributed by atoms with Gasteiger partial charge in [-0.2, -0.15) is 0 Å². The highest BCUT2D eigenvalue weighted by Crippen LogP contribution is 2.26. The molecule has 1 aromatic heterocycles. The van der Waals surface area contributed by atoms with Crippen molar-refractivity contribution in [2.45, 2.75) is 23.5 Å². The third-order valence-electron chi connectivity index (χ3n) is 4.60. The van der Waals surface area contributed by atoms with Gasteiger partial charge >= 0.3 is 0 Å². The molecular weight excluding hydrogens is 372 g/mol. The quantitative estimate of drug-likeness (QED) is 0.603. The average molecular weight is 392 g/mol. The van der Waals surface area contributed by atoms with Gasteiger partial charge in [-0.15, -0.1) is 11.8 Å². The molecule has 3 aromatic rings. The third kappa shape index (κ3) is 4.12. The summed E-state index contributed by atoms with van der Waals surface area (Å²) >= 11 is 1.65. The lowest BCUT2D eigenvalue weighted by Gasteiger charge is -2.16. The number of rotatable bonds is 6. The Morgan fingerprint density at radius 2 is 1.86 bits per heavy atom. The number of carbonyl (C=O) groups excluding carboxylic acids is 2. The second kappa shape index (κ2) is 8.35. The van der Waals surface area contributed by atoms with Crippen molar-refractivity contribution in [3.8, 4) is 0 Å². The van der Waals surface area contributed by atoms with Crippen LogP contribution in [0.25, 0.3) is 0 Å². The maximum absolute atomic E-state index is 12.6. The van der Waals surface area contributed by atoms with E-state index >= 15 is 0 Å². The second-order valence-electron chi connectivity index (χ2n) is 6.53. The van der Waals surface area contributed by atoms with Gasteiger partial charge in [-0.1, -0.05) is 18.2 Å². The molecule has 1 aliphatic rings. The van der Waals surface area contributed by atoms with Crippen LogP contribution in [0.1, 0.15) is 29.0 Å². The van der Waals surface area contributed by atoms with E-state index in [2.05, 4.69) is 5.32 Å². The van der Waals surface area contributed by atoms with Gasteiger partial charge < -0.3 is 14.6 Å². The van der Waals surface area contributed by atoms with Crippen LogP contribution in [0, 0.1) is 0 Å². The summed E-state index contributed by atoms with van der Waals surface area (Å²) in [7, 11) is 0.